The molecule has 0 fully saturated rings. The maximum Gasteiger partial charge on any atom is 0.228 e. The molecule has 0 aliphatic heterocycles. The number of anilines is 1. The summed E-state index contributed by atoms with van der Waals surface area (Å²) in [6.07, 6.45) is 4.47. The molecule has 23 heavy (non-hydrogen) atoms. The minimum Gasteiger partial charge on any atom is -0.295 e. The Morgan fingerprint density at radius 3 is 2.61 bits per heavy atom. The lowest BCUT2D eigenvalue weighted by Crippen LogP contribution is -2.15. The third-order valence-electron chi connectivity index (χ3n) is 3.44. The Kier molecular flexibility index (Phi) is 4.42. The summed E-state index contributed by atoms with van der Waals surface area (Å²) in [7, 11) is 1.75. The SMILES string of the molecule is Cn1nc(-c2ccncc2)nc1NC(=O)CCc1ccccc1. The first-order chi connectivity index (χ1) is 11.2. The van der Waals surface area contributed by atoms with Crippen molar-refractivity contribution in [2.45, 2.75) is 12.8 Å². The summed E-state index contributed by atoms with van der Waals surface area (Å²) in [5.74, 6) is 0.925. The Hall–Kier alpha value is -3.02. The van der Waals surface area contributed by atoms with Crippen LogP contribution in [0.1, 0.15) is 12.0 Å². The average Bonchev–Trinajstić information content (AvgIpc) is 2.95. The zero-order chi connectivity index (χ0) is 16.1. The number of carbonyl (C=O) groups excluding carboxylic acids is 1. The molecule has 0 aliphatic rings. The summed E-state index contributed by atoms with van der Waals surface area (Å²) in [5.41, 5.74) is 2.00. The predicted molar refractivity (Wildman–Crippen MR) is 87.6 cm³/mol. The van der Waals surface area contributed by atoms with Crippen LogP contribution < -0.4 is 5.32 Å². The third kappa shape index (κ3) is 3.79. The molecular formula is C17H17N5O. The quantitative estimate of drug-likeness (QED) is 0.786. The monoisotopic (exact) mass is 307 g/mol. The molecule has 2 aromatic heterocycles. The number of hydrogen-bond donors (Lipinski definition) is 1. The van der Waals surface area contributed by atoms with Gasteiger partial charge in [-0.1, -0.05) is 30.3 Å². The summed E-state index contributed by atoms with van der Waals surface area (Å²) in [6, 6.07) is 13.6. The Morgan fingerprint density at radius 1 is 1.13 bits per heavy atom. The minimum atomic E-state index is -0.0781. The van der Waals surface area contributed by atoms with E-state index in [1.54, 1.807) is 24.1 Å². The summed E-state index contributed by atoms with van der Waals surface area (Å²) >= 11 is 0. The highest BCUT2D eigenvalue weighted by atomic mass is 16.1. The number of rotatable bonds is 5. The van der Waals surface area contributed by atoms with Crippen LogP contribution in [0.5, 0.6) is 0 Å². The first kappa shape index (κ1) is 14.9. The molecule has 0 spiro atoms. The minimum absolute atomic E-state index is 0.0781. The number of carbonyl (C=O) groups is 1. The summed E-state index contributed by atoms with van der Waals surface area (Å²) in [6.45, 7) is 0. The maximum absolute atomic E-state index is 12.1. The molecule has 0 radical (unpaired) electrons. The molecule has 2 heterocycles. The Bertz CT molecular complexity index is 783. The molecule has 0 saturated heterocycles. The van der Waals surface area contributed by atoms with Crippen LogP contribution in [0.15, 0.2) is 54.9 Å². The lowest BCUT2D eigenvalue weighted by molar-refractivity contribution is -0.116. The van der Waals surface area contributed by atoms with E-state index in [9.17, 15) is 4.79 Å². The van der Waals surface area contributed by atoms with Gasteiger partial charge in [0.1, 0.15) is 0 Å². The second-order valence-electron chi connectivity index (χ2n) is 5.15. The van der Waals surface area contributed by atoms with Crippen molar-refractivity contribution in [3.8, 4) is 11.4 Å². The van der Waals surface area contributed by atoms with E-state index in [0.717, 1.165) is 11.1 Å². The van der Waals surface area contributed by atoms with Crippen LogP contribution in [0, 0.1) is 0 Å². The first-order valence-electron chi connectivity index (χ1n) is 7.37. The molecule has 0 atom stereocenters. The topological polar surface area (TPSA) is 72.7 Å². The van der Waals surface area contributed by atoms with Crippen molar-refractivity contribution < 1.29 is 4.79 Å². The molecule has 116 valence electrons. The fourth-order valence-electron chi connectivity index (χ4n) is 2.21. The van der Waals surface area contributed by atoms with E-state index in [-0.39, 0.29) is 5.91 Å². The smallest absolute Gasteiger partial charge is 0.228 e. The molecule has 0 bridgehead atoms. The van der Waals surface area contributed by atoms with Gasteiger partial charge in [-0.05, 0) is 24.1 Å². The van der Waals surface area contributed by atoms with E-state index >= 15 is 0 Å². The second-order valence-corrected chi connectivity index (χ2v) is 5.15. The number of amides is 1. The highest BCUT2D eigenvalue weighted by Gasteiger charge is 2.11. The Balaban J connectivity index is 1.64. The van der Waals surface area contributed by atoms with Crippen molar-refractivity contribution in [2.75, 3.05) is 5.32 Å². The first-order valence-corrected chi connectivity index (χ1v) is 7.37. The van der Waals surface area contributed by atoms with Crippen molar-refractivity contribution >= 4 is 11.9 Å². The lowest BCUT2D eigenvalue weighted by Gasteiger charge is -2.03. The van der Waals surface area contributed by atoms with Crippen LogP contribution in [0.25, 0.3) is 11.4 Å². The highest BCUT2D eigenvalue weighted by molar-refractivity contribution is 5.89. The van der Waals surface area contributed by atoms with Gasteiger partial charge in [0.15, 0.2) is 5.82 Å². The lowest BCUT2D eigenvalue weighted by atomic mass is 10.1. The normalized spacial score (nSPS) is 10.5. The van der Waals surface area contributed by atoms with Crippen LogP contribution in [0.2, 0.25) is 0 Å². The van der Waals surface area contributed by atoms with Gasteiger partial charge in [-0.15, -0.1) is 5.10 Å². The second kappa shape index (κ2) is 6.83. The highest BCUT2D eigenvalue weighted by Crippen LogP contribution is 2.16. The third-order valence-corrected chi connectivity index (χ3v) is 3.44. The number of nitrogens with zero attached hydrogens (tertiary/aromatic N) is 4. The molecule has 6 nitrogen and oxygen atoms in total. The Labute approximate surface area is 134 Å². The molecule has 1 aromatic carbocycles. The summed E-state index contributed by atoms with van der Waals surface area (Å²) in [5, 5.41) is 7.12. The molecule has 0 saturated carbocycles. The van der Waals surface area contributed by atoms with Crippen molar-refractivity contribution in [1.29, 1.82) is 0 Å². The van der Waals surface area contributed by atoms with E-state index in [2.05, 4.69) is 20.4 Å². The molecule has 0 aliphatic carbocycles. The van der Waals surface area contributed by atoms with Crippen LogP contribution >= 0.6 is 0 Å². The fourth-order valence-corrected chi connectivity index (χ4v) is 2.21. The molecule has 1 N–H and O–H groups in total. The van der Waals surface area contributed by atoms with Crippen LogP contribution in [0.4, 0.5) is 5.95 Å². The Morgan fingerprint density at radius 2 is 1.87 bits per heavy atom. The van der Waals surface area contributed by atoms with Crippen LogP contribution in [0.3, 0.4) is 0 Å². The molecule has 3 rings (SSSR count). The van der Waals surface area contributed by atoms with Crippen LogP contribution in [-0.2, 0) is 18.3 Å². The van der Waals surface area contributed by atoms with Crippen molar-refractivity contribution in [1.82, 2.24) is 19.7 Å². The van der Waals surface area contributed by atoms with E-state index < -0.39 is 0 Å². The standard InChI is InChI=1S/C17H17N5O/c1-22-17(20-16(21-22)14-9-11-18-12-10-14)19-15(23)8-7-13-5-3-2-4-6-13/h2-6,9-12H,7-8H2,1H3,(H,19,20,21,23). The van der Waals surface area contributed by atoms with Crippen LogP contribution in [-0.4, -0.2) is 25.7 Å². The molecular weight excluding hydrogens is 290 g/mol. The van der Waals surface area contributed by atoms with Gasteiger partial charge < -0.3 is 0 Å². The van der Waals surface area contributed by atoms with Gasteiger partial charge in [0.05, 0.1) is 0 Å². The van der Waals surface area contributed by atoms with Gasteiger partial charge >= 0.3 is 0 Å². The zero-order valence-corrected chi connectivity index (χ0v) is 12.8. The molecule has 1 amide bonds. The van der Waals surface area contributed by atoms with Gasteiger partial charge in [-0.3, -0.25) is 15.1 Å². The maximum atomic E-state index is 12.1. The average molecular weight is 307 g/mol. The van der Waals surface area contributed by atoms with Gasteiger partial charge in [0.2, 0.25) is 11.9 Å². The molecule has 3 aromatic rings. The molecule has 6 heteroatoms. The van der Waals surface area contributed by atoms with E-state index in [1.807, 2.05) is 42.5 Å². The van der Waals surface area contributed by atoms with Gasteiger partial charge in [-0.25, -0.2) is 4.68 Å². The van der Waals surface area contributed by atoms with Gasteiger partial charge in [-0.2, -0.15) is 4.98 Å². The summed E-state index contributed by atoms with van der Waals surface area (Å²) in [4.78, 5) is 20.4. The van der Waals surface area contributed by atoms with Crippen molar-refractivity contribution in [3.63, 3.8) is 0 Å². The van der Waals surface area contributed by atoms with Gasteiger partial charge in [0.25, 0.3) is 0 Å². The largest absolute Gasteiger partial charge is 0.295 e. The fraction of sp³-hybridized carbons (Fsp3) is 0.176. The number of nitrogens with one attached hydrogen (secondary N) is 1. The molecule has 0 unspecified atom stereocenters. The number of benzene rings is 1. The zero-order valence-electron chi connectivity index (χ0n) is 12.8. The van der Waals surface area contributed by atoms with Crippen molar-refractivity contribution in [2.24, 2.45) is 7.05 Å². The van der Waals surface area contributed by atoms with Gasteiger partial charge in [0, 0.05) is 31.4 Å². The number of aromatic nitrogens is 4. The number of hydrogen-bond acceptors (Lipinski definition) is 4. The van der Waals surface area contributed by atoms with E-state index in [4.69, 9.17) is 0 Å². The number of aryl methyl sites for hydroxylation is 2. The van der Waals surface area contributed by atoms with E-state index in [1.165, 1.54) is 0 Å². The number of pyridine rings is 1. The van der Waals surface area contributed by atoms with E-state index in [0.29, 0.717) is 24.6 Å². The predicted octanol–water partition coefficient (Wildman–Crippen LogP) is 2.45. The summed E-state index contributed by atoms with van der Waals surface area (Å²) < 4.78 is 1.57. The van der Waals surface area contributed by atoms with Crippen molar-refractivity contribution in [3.05, 3.63) is 60.4 Å².